The fourth-order valence-corrected chi connectivity index (χ4v) is 1.92. The highest BCUT2D eigenvalue weighted by atomic mass is 16.5. The maximum atomic E-state index is 12.0. The highest BCUT2D eigenvalue weighted by Crippen LogP contribution is 2.06. The van der Waals surface area contributed by atoms with Gasteiger partial charge in [-0.05, 0) is 11.1 Å². The summed E-state index contributed by atoms with van der Waals surface area (Å²) in [6.45, 7) is 0.711. The molecule has 1 aromatic carbocycles. The lowest BCUT2D eigenvalue weighted by Gasteiger charge is -2.01. The van der Waals surface area contributed by atoms with Gasteiger partial charge in [0.2, 0.25) is 0 Å². The van der Waals surface area contributed by atoms with E-state index in [1.807, 2.05) is 24.3 Å². The van der Waals surface area contributed by atoms with Crippen LogP contribution in [0.15, 0.2) is 29.1 Å². The lowest BCUT2D eigenvalue weighted by atomic mass is 10.1. The van der Waals surface area contributed by atoms with E-state index in [4.69, 9.17) is 10.00 Å². The van der Waals surface area contributed by atoms with Crippen LogP contribution in [0.25, 0.3) is 0 Å². The van der Waals surface area contributed by atoms with E-state index in [0.29, 0.717) is 25.4 Å². The normalized spacial score (nSPS) is 10.4. The zero-order valence-electron chi connectivity index (χ0n) is 11.5. The smallest absolute Gasteiger partial charge is 0.346 e. The van der Waals surface area contributed by atoms with Crippen molar-refractivity contribution in [1.82, 2.24) is 14.3 Å². The lowest BCUT2D eigenvalue weighted by molar-refractivity contribution is 0.174. The molecule has 1 aromatic heterocycles. The molecule has 1 heterocycles. The maximum absolute atomic E-state index is 12.0. The number of nitrogens with zero attached hydrogens (tertiary/aromatic N) is 4. The second kappa shape index (κ2) is 6.17. The van der Waals surface area contributed by atoms with E-state index in [-0.39, 0.29) is 5.69 Å². The summed E-state index contributed by atoms with van der Waals surface area (Å²) in [5, 5.41) is 12.9. The van der Waals surface area contributed by atoms with Crippen molar-refractivity contribution in [3.8, 4) is 6.07 Å². The number of nitriles is 1. The molecule has 0 saturated heterocycles. The molecular formula is C14H16N4O2. The number of methoxy groups -OCH3 is 1. The summed E-state index contributed by atoms with van der Waals surface area (Å²) in [6, 6.07) is 9.70. The Morgan fingerprint density at radius 3 is 2.55 bits per heavy atom. The molecule has 0 spiro atoms. The van der Waals surface area contributed by atoms with Crippen molar-refractivity contribution in [3.63, 3.8) is 0 Å². The molecule has 2 rings (SSSR count). The molecule has 2 aromatic rings. The van der Waals surface area contributed by atoms with Crippen LogP contribution in [0, 0.1) is 11.3 Å². The summed E-state index contributed by atoms with van der Waals surface area (Å²) in [7, 11) is 3.24. The second-order valence-corrected chi connectivity index (χ2v) is 4.50. The largest absolute Gasteiger partial charge is 0.377 e. The van der Waals surface area contributed by atoms with Gasteiger partial charge in [0.15, 0.2) is 5.82 Å². The van der Waals surface area contributed by atoms with Gasteiger partial charge in [-0.15, -0.1) is 0 Å². The summed E-state index contributed by atoms with van der Waals surface area (Å²) < 4.78 is 7.89. The van der Waals surface area contributed by atoms with Crippen molar-refractivity contribution in [2.75, 3.05) is 7.11 Å². The van der Waals surface area contributed by atoms with Crippen molar-refractivity contribution < 1.29 is 4.74 Å². The van der Waals surface area contributed by atoms with E-state index in [1.165, 1.54) is 9.25 Å². The predicted molar refractivity (Wildman–Crippen MR) is 73.0 cm³/mol. The van der Waals surface area contributed by atoms with Crippen LogP contribution in [0.2, 0.25) is 0 Å². The molecule has 0 aliphatic heterocycles. The van der Waals surface area contributed by atoms with E-state index in [2.05, 4.69) is 11.2 Å². The van der Waals surface area contributed by atoms with Crippen LogP contribution in [0.4, 0.5) is 0 Å². The predicted octanol–water partition coefficient (Wildman–Crippen LogP) is 0.843. The van der Waals surface area contributed by atoms with Crippen molar-refractivity contribution in [2.45, 2.75) is 19.6 Å². The van der Waals surface area contributed by atoms with Gasteiger partial charge in [-0.25, -0.2) is 9.48 Å². The van der Waals surface area contributed by atoms with Gasteiger partial charge >= 0.3 is 5.69 Å². The molecule has 0 atom stereocenters. The molecule has 20 heavy (non-hydrogen) atoms. The van der Waals surface area contributed by atoms with E-state index >= 15 is 0 Å². The molecule has 104 valence electrons. The Morgan fingerprint density at radius 1 is 1.30 bits per heavy atom. The third kappa shape index (κ3) is 2.95. The number of ether oxygens (including phenoxy) is 1. The molecule has 0 aliphatic rings. The SMILES string of the molecule is COCc1nn(Cc2ccc(CC#N)cc2)c(=O)n1C. The minimum atomic E-state index is -0.168. The third-order valence-corrected chi connectivity index (χ3v) is 3.04. The van der Waals surface area contributed by atoms with Gasteiger partial charge in [-0.2, -0.15) is 10.4 Å². The maximum Gasteiger partial charge on any atom is 0.346 e. The van der Waals surface area contributed by atoms with E-state index in [0.717, 1.165) is 11.1 Å². The monoisotopic (exact) mass is 272 g/mol. The second-order valence-electron chi connectivity index (χ2n) is 4.50. The molecule has 0 radical (unpaired) electrons. The van der Waals surface area contributed by atoms with Gasteiger partial charge in [-0.1, -0.05) is 24.3 Å². The summed E-state index contributed by atoms with van der Waals surface area (Å²) in [4.78, 5) is 12.0. The first-order valence-corrected chi connectivity index (χ1v) is 6.22. The van der Waals surface area contributed by atoms with Crippen molar-refractivity contribution in [3.05, 3.63) is 51.7 Å². The molecular weight excluding hydrogens is 256 g/mol. The molecule has 6 nitrogen and oxygen atoms in total. The minimum absolute atomic E-state index is 0.168. The molecule has 0 unspecified atom stereocenters. The number of aromatic nitrogens is 3. The highest BCUT2D eigenvalue weighted by molar-refractivity contribution is 5.24. The van der Waals surface area contributed by atoms with Crippen LogP contribution >= 0.6 is 0 Å². The fourth-order valence-electron chi connectivity index (χ4n) is 1.92. The number of rotatable bonds is 5. The van der Waals surface area contributed by atoms with Crippen molar-refractivity contribution >= 4 is 0 Å². The Kier molecular flexibility index (Phi) is 4.33. The van der Waals surface area contributed by atoms with Crippen molar-refractivity contribution in [1.29, 1.82) is 5.26 Å². The molecule has 0 saturated carbocycles. The van der Waals surface area contributed by atoms with E-state index < -0.39 is 0 Å². The van der Waals surface area contributed by atoms with Gasteiger partial charge in [-0.3, -0.25) is 4.57 Å². The topological polar surface area (TPSA) is 72.8 Å². The fraction of sp³-hybridized carbons (Fsp3) is 0.357. The van der Waals surface area contributed by atoms with Crippen LogP contribution in [-0.2, 0) is 31.4 Å². The summed E-state index contributed by atoms with van der Waals surface area (Å²) >= 11 is 0. The Balaban J connectivity index is 2.20. The lowest BCUT2D eigenvalue weighted by Crippen LogP contribution is -2.23. The summed E-state index contributed by atoms with van der Waals surface area (Å²) in [5.41, 5.74) is 1.76. The van der Waals surface area contributed by atoms with E-state index in [1.54, 1.807) is 14.2 Å². The first-order valence-electron chi connectivity index (χ1n) is 6.22. The van der Waals surface area contributed by atoms with Crippen LogP contribution < -0.4 is 5.69 Å². The van der Waals surface area contributed by atoms with E-state index in [9.17, 15) is 4.79 Å². The van der Waals surface area contributed by atoms with Gasteiger partial charge in [0.25, 0.3) is 0 Å². The summed E-state index contributed by atoms with van der Waals surface area (Å²) in [6.07, 6.45) is 0.391. The Labute approximate surface area is 116 Å². The van der Waals surface area contributed by atoms with Crippen LogP contribution in [0.3, 0.4) is 0 Å². The zero-order valence-corrected chi connectivity index (χ0v) is 11.5. The average Bonchev–Trinajstić information content (AvgIpc) is 2.70. The standard InChI is InChI=1S/C14H16N4O2/c1-17-13(10-20-2)16-18(14(17)19)9-12-5-3-11(4-6-12)7-8-15/h3-6H,7,9-10H2,1-2H3. The Bertz CT molecular complexity index is 677. The first-order chi connectivity index (χ1) is 9.65. The van der Waals surface area contributed by atoms with Gasteiger partial charge in [0.05, 0.1) is 19.0 Å². The zero-order chi connectivity index (χ0) is 14.5. The molecule has 0 bridgehead atoms. The highest BCUT2D eigenvalue weighted by Gasteiger charge is 2.10. The summed E-state index contributed by atoms with van der Waals surface area (Å²) in [5.74, 6) is 0.596. The van der Waals surface area contributed by atoms with Crippen molar-refractivity contribution in [2.24, 2.45) is 7.05 Å². The average molecular weight is 272 g/mol. The van der Waals surface area contributed by atoms with Crippen LogP contribution in [0.5, 0.6) is 0 Å². The molecule has 0 aliphatic carbocycles. The Hall–Kier alpha value is -2.39. The molecule has 0 fully saturated rings. The number of hydrogen-bond acceptors (Lipinski definition) is 4. The molecule has 6 heteroatoms. The van der Waals surface area contributed by atoms with Gasteiger partial charge < -0.3 is 4.74 Å². The van der Waals surface area contributed by atoms with Gasteiger partial charge in [0.1, 0.15) is 6.61 Å². The van der Waals surface area contributed by atoms with Gasteiger partial charge in [0, 0.05) is 14.2 Å². The number of benzene rings is 1. The molecule has 0 N–H and O–H groups in total. The Morgan fingerprint density at radius 2 is 1.95 bits per heavy atom. The van der Waals surface area contributed by atoms with Crippen LogP contribution in [0.1, 0.15) is 17.0 Å². The quantitative estimate of drug-likeness (QED) is 0.808. The third-order valence-electron chi connectivity index (χ3n) is 3.04. The first kappa shape index (κ1) is 14.0. The van der Waals surface area contributed by atoms with Crippen LogP contribution in [-0.4, -0.2) is 21.5 Å². The molecule has 0 amide bonds. The number of hydrogen-bond donors (Lipinski definition) is 0. The minimum Gasteiger partial charge on any atom is -0.377 e.